The van der Waals surface area contributed by atoms with E-state index in [4.69, 9.17) is 5.26 Å². The molecule has 2 heterocycles. The highest BCUT2D eigenvalue weighted by Crippen LogP contribution is 2.16. The Balaban J connectivity index is 2.02. The van der Waals surface area contributed by atoms with Crippen molar-refractivity contribution in [3.63, 3.8) is 0 Å². The predicted molar refractivity (Wildman–Crippen MR) is 49.2 cm³/mol. The Hall–Kier alpha value is -1.89. The van der Waals surface area contributed by atoms with Gasteiger partial charge in [-0.1, -0.05) is 6.07 Å². The fourth-order valence-corrected chi connectivity index (χ4v) is 1.38. The molecule has 0 aliphatic carbocycles. The molecule has 0 atom stereocenters. The maximum absolute atomic E-state index is 11.6. The molecule has 4 heteroatoms. The normalized spacial score (nSPS) is 15.8. The summed E-state index contributed by atoms with van der Waals surface area (Å²) < 4.78 is 0. The van der Waals surface area contributed by atoms with Crippen LogP contribution < -0.4 is 0 Å². The smallest absolute Gasteiger partial charge is 0.272 e. The van der Waals surface area contributed by atoms with E-state index < -0.39 is 0 Å². The van der Waals surface area contributed by atoms with Crippen LogP contribution in [0.2, 0.25) is 0 Å². The monoisotopic (exact) mass is 187 g/mol. The number of amides is 1. The lowest BCUT2D eigenvalue weighted by atomic mass is 10.0. The average molecular weight is 187 g/mol. The molecule has 2 rings (SSSR count). The van der Waals surface area contributed by atoms with Crippen LogP contribution in [0.1, 0.15) is 10.5 Å². The van der Waals surface area contributed by atoms with Crippen LogP contribution in [-0.4, -0.2) is 28.9 Å². The molecule has 0 aromatic carbocycles. The Labute approximate surface area is 81.8 Å². The number of rotatable bonds is 1. The van der Waals surface area contributed by atoms with Gasteiger partial charge in [0, 0.05) is 19.3 Å². The molecule has 1 fully saturated rings. The third-order valence-corrected chi connectivity index (χ3v) is 2.24. The topological polar surface area (TPSA) is 57.0 Å². The molecule has 0 N–H and O–H groups in total. The third-order valence-electron chi connectivity index (χ3n) is 2.24. The van der Waals surface area contributed by atoms with Gasteiger partial charge in [-0.25, -0.2) is 0 Å². The van der Waals surface area contributed by atoms with Gasteiger partial charge in [-0.2, -0.15) is 5.26 Å². The Morgan fingerprint density at radius 1 is 1.57 bits per heavy atom. The molecular weight excluding hydrogens is 178 g/mol. The minimum absolute atomic E-state index is 0.00247. The number of pyridine rings is 1. The summed E-state index contributed by atoms with van der Waals surface area (Å²) in [6.07, 6.45) is 1.59. The van der Waals surface area contributed by atoms with Crippen molar-refractivity contribution in [1.82, 2.24) is 9.88 Å². The molecule has 4 nitrogen and oxygen atoms in total. The van der Waals surface area contributed by atoms with E-state index in [9.17, 15) is 4.79 Å². The summed E-state index contributed by atoms with van der Waals surface area (Å²) in [6.45, 7) is 1.07. The van der Waals surface area contributed by atoms with E-state index in [1.54, 1.807) is 29.3 Å². The van der Waals surface area contributed by atoms with E-state index in [-0.39, 0.29) is 11.8 Å². The van der Waals surface area contributed by atoms with Gasteiger partial charge < -0.3 is 4.90 Å². The molecule has 0 saturated carbocycles. The molecule has 0 radical (unpaired) electrons. The minimum atomic E-state index is -0.0860. The van der Waals surface area contributed by atoms with Crippen molar-refractivity contribution in [2.45, 2.75) is 0 Å². The summed E-state index contributed by atoms with van der Waals surface area (Å²) in [5.74, 6) is -0.0836. The van der Waals surface area contributed by atoms with Gasteiger partial charge in [-0.3, -0.25) is 9.78 Å². The number of hydrogen-bond acceptors (Lipinski definition) is 3. The van der Waals surface area contributed by atoms with E-state index >= 15 is 0 Å². The molecule has 0 unspecified atom stereocenters. The van der Waals surface area contributed by atoms with Crippen LogP contribution in [0.15, 0.2) is 24.4 Å². The largest absolute Gasteiger partial charge is 0.335 e. The van der Waals surface area contributed by atoms with Crippen molar-refractivity contribution in [3.8, 4) is 6.07 Å². The Morgan fingerprint density at radius 2 is 2.36 bits per heavy atom. The van der Waals surface area contributed by atoms with Crippen LogP contribution in [0.25, 0.3) is 0 Å². The van der Waals surface area contributed by atoms with Crippen molar-refractivity contribution in [1.29, 1.82) is 5.26 Å². The number of carbonyl (C=O) groups excluding carboxylic acids is 1. The summed E-state index contributed by atoms with van der Waals surface area (Å²) in [7, 11) is 0. The fourth-order valence-electron chi connectivity index (χ4n) is 1.38. The number of nitrogens with zero attached hydrogens (tertiary/aromatic N) is 3. The SMILES string of the molecule is N#CC1CN(C(=O)c2ccccn2)C1. The lowest BCUT2D eigenvalue weighted by molar-refractivity contribution is 0.0571. The molecule has 0 spiro atoms. The Morgan fingerprint density at radius 3 is 2.93 bits per heavy atom. The van der Waals surface area contributed by atoms with Crippen LogP contribution in [0.5, 0.6) is 0 Å². The Bertz CT molecular complexity index is 376. The number of carbonyl (C=O) groups is 1. The Kier molecular flexibility index (Phi) is 2.15. The first-order valence-corrected chi connectivity index (χ1v) is 4.41. The zero-order valence-electron chi connectivity index (χ0n) is 7.55. The summed E-state index contributed by atoms with van der Waals surface area (Å²) in [6, 6.07) is 7.35. The highest BCUT2D eigenvalue weighted by atomic mass is 16.2. The molecular formula is C10H9N3O. The van der Waals surface area contributed by atoms with Crippen molar-refractivity contribution in [2.75, 3.05) is 13.1 Å². The molecule has 1 aliphatic rings. The van der Waals surface area contributed by atoms with Crippen LogP contribution in [-0.2, 0) is 0 Å². The number of nitriles is 1. The standard InChI is InChI=1S/C10H9N3O/c11-5-8-6-13(7-8)10(14)9-3-1-2-4-12-9/h1-4,8H,6-7H2. The van der Waals surface area contributed by atoms with E-state index in [2.05, 4.69) is 11.1 Å². The maximum Gasteiger partial charge on any atom is 0.272 e. The van der Waals surface area contributed by atoms with Gasteiger partial charge in [0.2, 0.25) is 0 Å². The minimum Gasteiger partial charge on any atom is -0.335 e. The first kappa shape index (κ1) is 8.70. The van der Waals surface area contributed by atoms with E-state index in [0.29, 0.717) is 18.8 Å². The predicted octanol–water partition coefficient (Wildman–Crippen LogP) is 0.677. The van der Waals surface area contributed by atoms with Gasteiger partial charge in [0.1, 0.15) is 5.69 Å². The van der Waals surface area contributed by atoms with Crippen LogP contribution in [0.4, 0.5) is 0 Å². The second-order valence-electron chi connectivity index (χ2n) is 3.25. The van der Waals surface area contributed by atoms with Gasteiger partial charge in [0.25, 0.3) is 5.91 Å². The van der Waals surface area contributed by atoms with Crippen molar-refractivity contribution in [3.05, 3.63) is 30.1 Å². The second-order valence-corrected chi connectivity index (χ2v) is 3.25. The molecule has 1 saturated heterocycles. The summed E-state index contributed by atoms with van der Waals surface area (Å²) >= 11 is 0. The second kappa shape index (κ2) is 3.46. The molecule has 1 amide bonds. The molecule has 14 heavy (non-hydrogen) atoms. The highest BCUT2D eigenvalue weighted by molar-refractivity contribution is 5.92. The van der Waals surface area contributed by atoms with Crippen molar-refractivity contribution < 1.29 is 4.79 Å². The third kappa shape index (κ3) is 1.44. The van der Waals surface area contributed by atoms with Gasteiger partial charge in [0.05, 0.1) is 12.0 Å². The van der Waals surface area contributed by atoms with E-state index in [0.717, 1.165) is 0 Å². The fraction of sp³-hybridized carbons (Fsp3) is 0.300. The lowest BCUT2D eigenvalue weighted by Crippen LogP contribution is -2.49. The van der Waals surface area contributed by atoms with Gasteiger partial charge >= 0.3 is 0 Å². The molecule has 1 aromatic heterocycles. The van der Waals surface area contributed by atoms with Gasteiger partial charge in [0.15, 0.2) is 0 Å². The molecule has 1 aromatic rings. The quantitative estimate of drug-likeness (QED) is 0.649. The van der Waals surface area contributed by atoms with Gasteiger partial charge in [-0.05, 0) is 12.1 Å². The number of hydrogen-bond donors (Lipinski definition) is 0. The van der Waals surface area contributed by atoms with Crippen LogP contribution in [0, 0.1) is 17.2 Å². The maximum atomic E-state index is 11.6. The summed E-state index contributed by atoms with van der Waals surface area (Å²) in [5.41, 5.74) is 0.448. The molecule has 0 bridgehead atoms. The first-order chi connectivity index (χ1) is 6.81. The van der Waals surface area contributed by atoms with Crippen LogP contribution >= 0.6 is 0 Å². The number of aromatic nitrogens is 1. The van der Waals surface area contributed by atoms with Crippen molar-refractivity contribution in [2.24, 2.45) is 5.92 Å². The van der Waals surface area contributed by atoms with Crippen LogP contribution in [0.3, 0.4) is 0 Å². The number of likely N-dealkylation sites (tertiary alicyclic amines) is 1. The molecule has 70 valence electrons. The summed E-state index contributed by atoms with van der Waals surface area (Å²) in [5, 5.41) is 8.55. The average Bonchev–Trinajstić information content (AvgIpc) is 2.17. The lowest BCUT2D eigenvalue weighted by Gasteiger charge is -2.34. The van der Waals surface area contributed by atoms with Gasteiger partial charge in [-0.15, -0.1) is 0 Å². The summed E-state index contributed by atoms with van der Waals surface area (Å²) in [4.78, 5) is 17.2. The zero-order valence-corrected chi connectivity index (χ0v) is 7.55. The zero-order chi connectivity index (χ0) is 9.97. The first-order valence-electron chi connectivity index (χ1n) is 4.41. The highest BCUT2D eigenvalue weighted by Gasteiger charge is 2.31. The molecule has 1 aliphatic heterocycles. The van der Waals surface area contributed by atoms with Crippen molar-refractivity contribution >= 4 is 5.91 Å². The van der Waals surface area contributed by atoms with E-state index in [1.165, 1.54) is 0 Å². The van der Waals surface area contributed by atoms with E-state index in [1.807, 2.05) is 0 Å².